The molecule has 3 saturated carbocycles. The van der Waals surface area contributed by atoms with Crippen LogP contribution in [0.4, 0.5) is 0 Å². The van der Waals surface area contributed by atoms with Crippen LogP contribution in [0.5, 0.6) is 0 Å². The molecule has 1 aromatic carbocycles. The molecule has 6 atom stereocenters. The molecule has 5 unspecified atom stereocenters. The van der Waals surface area contributed by atoms with Gasteiger partial charge in [-0.2, -0.15) is 0 Å². The summed E-state index contributed by atoms with van der Waals surface area (Å²) < 4.78 is 0. The van der Waals surface area contributed by atoms with E-state index in [2.05, 4.69) is 58.0 Å². The van der Waals surface area contributed by atoms with Crippen LogP contribution < -0.4 is 5.73 Å². The molecule has 2 N–H and O–H groups in total. The maximum Gasteiger partial charge on any atom is 0.00907 e. The molecular formula is C27H41NS. The molecule has 0 aromatic heterocycles. The third-order valence-electron chi connectivity index (χ3n) is 9.42. The topological polar surface area (TPSA) is 26.0 Å². The van der Waals surface area contributed by atoms with E-state index in [1.54, 1.807) is 5.56 Å². The van der Waals surface area contributed by atoms with Gasteiger partial charge < -0.3 is 5.73 Å². The van der Waals surface area contributed by atoms with Crippen molar-refractivity contribution in [2.45, 2.75) is 96.9 Å². The molecule has 0 spiro atoms. The second-order valence-electron chi connectivity index (χ2n) is 11.6. The lowest BCUT2D eigenvalue weighted by Gasteiger charge is -2.57. The molecular weight excluding hydrogens is 370 g/mol. The fourth-order valence-corrected chi connectivity index (χ4v) is 7.81. The molecule has 3 aliphatic rings. The average molecular weight is 412 g/mol. The Kier molecular flexibility index (Phi) is 5.75. The first kappa shape index (κ1) is 21.5. The van der Waals surface area contributed by atoms with Gasteiger partial charge in [0, 0.05) is 16.3 Å². The summed E-state index contributed by atoms with van der Waals surface area (Å²) in [5, 5.41) is 0. The van der Waals surface area contributed by atoms with Gasteiger partial charge in [0.1, 0.15) is 0 Å². The van der Waals surface area contributed by atoms with Crippen molar-refractivity contribution in [2.75, 3.05) is 0 Å². The number of benzene rings is 1. The van der Waals surface area contributed by atoms with Gasteiger partial charge in [0.05, 0.1) is 0 Å². The van der Waals surface area contributed by atoms with Crippen LogP contribution in [0.1, 0.15) is 91.0 Å². The summed E-state index contributed by atoms with van der Waals surface area (Å²) in [6.07, 6.45) is 11.4. The third kappa shape index (κ3) is 3.74. The molecule has 0 saturated heterocycles. The van der Waals surface area contributed by atoms with E-state index >= 15 is 0 Å². The number of thiocarbonyl (C=S) groups is 1. The molecule has 1 nitrogen and oxygen atoms in total. The maximum atomic E-state index is 6.47. The van der Waals surface area contributed by atoms with E-state index in [0.717, 1.165) is 18.3 Å². The first-order valence-corrected chi connectivity index (χ1v) is 12.5. The number of fused-ring (bicyclic) bond motifs is 2. The van der Waals surface area contributed by atoms with Gasteiger partial charge in [-0.1, -0.05) is 70.2 Å². The zero-order valence-electron chi connectivity index (χ0n) is 19.0. The largest absolute Gasteiger partial charge is 0.327 e. The highest BCUT2D eigenvalue weighted by molar-refractivity contribution is 7.80. The Morgan fingerprint density at radius 1 is 1.07 bits per heavy atom. The zero-order valence-corrected chi connectivity index (χ0v) is 19.9. The van der Waals surface area contributed by atoms with Gasteiger partial charge in [-0.15, -0.1) is 0 Å². The van der Waals surface area contributed by atoms with Crippen molar-refractivity contribution < 1.29 is 0 Å². The van der Waals surface area contributed by atoms with Gasteiger partial charge in [-0.25, -0.2) is 0 Å². The highest BCUT2D eigenvalue weighted by Gasteiger charge is 2.54. The van der Waals surface area contributed by atoms with E-state index in [1.807, 2.05) is 0 Å². The van der Waals surface area contributed by atoms with Crippen molar-refractivity contribution in [3.05, 3.63) is 35.9 Å². The summed E-state index contributed by atoms with van der Waals surface area (Å²) in [6.45, 7) is 9.62. The quantitative estimate of drug-likeness (QED) is 0.536. The minimum atomic E-state index is 0.205. The number of nitrogens with two attached hydrogens (primary N) is 1. The zero-order chi connectivity index (χ0) is 20.9. The normalized spacial score (nSPS) is 41.7. The Hall–Kier alpha value is -0.730. The van der Waals surface area contributed by atoms with Gasteiger partial charge in [0.25, 0.3) is 0 Å². The van der Waals surface area contributed by atoms with Crippen LogP contribution in [0, 0.1) is 28.6 Å². The fourth-order valence-electron chi connectivity index (χ4n) is 7.30. The van der Waals surface area contributed by atoms with Crippen molar-refractivity contribution in [1.29, 1.82) is 0 Å². The van der Waals surface area contributed by atoms with Crippen LogP contribution in [-0.2, 0) is 5.41 Å². The Labute approximate surface area is 184 Å². The molecule has 2 heteroatoms. The summed E-state index contributed by atoms with van der Waals surface area (Å²) in [5.74, 6) is 2.22. The molecule has 3 aliphatic carbocycles. The molecule has 3 fully saturated rings. The van der Waals surface area contributed by atoms with Crippen molar-refractivity contribution in [2.24, 2.45) is 34.3 Å². The van der Waals surface area contributed by atoms with Crippen LogP contribution in [-0.4, -0.2) is 10.9 Å². The first-order chi connectivity index (χ1) is 13.7. The van der Waals surface area contributed by atoms with Crippen LogP contribution in [0.2, 0.25) is 0 Å². The van der Waals surface area contributed by atoms with Crippen LogP contribution in [0.15, 0.2) is 30.3 Å². The molecule has 160 valence electrons. The monoisotopic (exact) mass is 411 g/mol. The van der Waals surface area contributed by atoms with E-state index < -0.39 is 0 Å². The van der Waals surface area contributed by atoms with Crippen LogP contribution >= 0.6 is 12.2 Å². The Morgan fingerprint density at radius 2 is 1.79 bits per heavy atom. The Bertz CT molecular complexity index is 740. The predicted octanol–water partition coefficient (Wildman–Crippen LogP) is 7.07. The lowest BCUT2D eigenvalue weighted by Crippen LogP contribution is -2.53. The van der Waals surface area contributed by atoms with Gasteiger partial charge >= 0.3 is 0 Å². The minimum absolute atomic E-state index is 0.205. The van der Waals surface area contributed by atoms with E-state index in [9.17, 15) is 0 Å². The van der Waals surface area contributed by atoms with Crippen LogP contribution in [0.3, 0.4) is 0 Å². The number of hydrogen-bond donors (Lipinski definition) is 1. The molecule has 0 radical (unpaired) electrons. The molecule has 0 heterocycles. The molecule has 1 aromatic rings. The highest BCUT2D eigenvalue weighted by Crippen LogP contribution is 2.61. The second-order valence-corrected chi connectivity index (χ2v) is 12.0. The minimum Gasteiger partial charge on any atom is -0.327 e. The SMILES string of the molecule is CCC1(C(=S)C2CC[C@H](N)C(C)(C)C2)CC2CC(c3ccccc3)(CCC2C)C1. The van der Waals surface area contributed by atoms with E-state index in [1.165, 1.54) is 56.2 Å². The van der Waals surface area contributed by atoms with E-state index in [-0.39, 0.29) is 10.8 Å². The summed E-state index contributed by atoms with van der Waals surface area (Å²) in [5.41, 5.74) is 8.80. The fraction of sp³-hybridized carbons (Fsp3) is 0.741. The van der Waals surface area contributed by atoms with Gasteiger partial charge in [-0.05, 0) is 91.9 Å². The molecule has 0 aliphatic heterocycles. The van der Waals surface area contributed by atoms with Crippen molar-refractivity contribution in [3.8, 4) is 0 Å². The molecule has 4 rings (SSSR count). The summed E-state index contributed by atoms with van der Waals surface area (Å²) in [7, 11) is 0. The third-order valence-corrected chi connectivity index (χ3v) is 10.2. The van der Waals surface area contributed by atoms with Crippen molar-refractivity contribution in [3.63, 3.8) is 0 Å². The first-order valence-electron chi connectivity index (χ1n) is 12.1. The lowest BCUT2D eigenvalue weighted by atomic mass is 9.47. The Morgan fingerprint density at radius 3 is 2.45 bits per heavy atom. The average Bonchev–Trinajstić information content (AvgIpc) is 2.73. The molecule has 2 bridgehead atoms. The van der Waals surface area contributed by atoms with E-state index in [0.29, 0.717) is 17.4 Å². The van der Waals surface area contributed by atoms with Gasteiger partial charge in [0.2, 0.25) is 0 Å². The van der Waals surface area contributed by atoms with Crippen LogP contribution in [0.25, 0.3) is 0 Å². The molecule has 29 heavy (non-hydrogen) atoms. The summed E-state index contributed by atoms with van der Waals surface area (Å²) in [4.78, 5) is 1.42. The lowest BCUT2D eigenvalue weighted by molar-refractivity contribution is 0.0325. The van der Waals surface area contributed by atoms with E-state index in [4.69, 9.17) is 18.0 Å². The smallest absolute Gasteiger partial charge is 0.00907 e. The number of hydrogen-bond acceptors (Lipinski definition) is 2. The highest BCUT2D eigenvalue weighted by atomic mass is 32.1. The Balaban J connectivity index is 1.68. The summed E-state index contributed by atoms with van der Waals surface area (Å²) >= 11 is 6.42. The second kappa shape index (κ2) is 7.75. The number of rotatable bonds is 4. The van der Waals surface area contributed by atoms with Gasteiger partial charge in [-0.3, -0.25) is 0 Å². The van der Waals surface area contributed by atoms with Crippen molar-refractivity contribution >= 4 is 17.1 Å². The molecule has 0 amide bonds. The summed E-state index contributed by atoms with van der Waals surface area (Å²) in [6, 6.07) is 11.7. The maximum absolute atomic E-state index is 6.47. The van der Waals surface area contributed by atoms with Gasteiger partial charge in [0.15, 0.2) is 0 Å². The standard InChI is InChI=1S/C27H41NS/c1-5-26(24(29)20-11-12-23(28)25(3,4)15-20)16-21-17-27(18-26,14-13-19(21)2)22-9-7-6-8-10-22/h6-10,19-21,23H,5,11-18,28H2,1-4H3/t19?,20?,21?,23-,26?,27?/m0/s1. The van der Waals surface area contributed by atoms with Crippen molar-refractivity contribution in [1.82, 2.24) is 0 Å². The predicted molar refractivity (Wildman–Crippen MR) is 128 cm³/mol.